The lowest BCUT2D eigenvalue weighted by Gasteiger charge is -2.23. The molecule has 0 aliphatic rings. The third kappa shape index (κ3) is 3.17. The highest BCUT2D eigenvalue weighted by Gasteiger charge is 2.23. The molecule has 3 heterocycles. The lowest BCUT2D eigenvalue weighted by atomic mass is 9.92. The molecule has 1 atom stereocenters. The van der Waals surface area contributed by atoms with Gasteiger partial charge in [0.2, 0.25) is 5.65 Å². The van der Waals surface area contributed by atoms with Crippen molar-refractivity contribution >= 4 is 11.5 Å². The van der Waals surface area contributed by atoms with Crippen LogP contribution in [0.15, 0.2) is 47.7 Å². The van der Waals surface area contributed by atoms with Crippen molar-refractivity contribution in [1.29, 1.82) is 0 Å². The van der Waals surface area contributed by atoms with Crippen LogP contribution in [-0.4, -0.2) is 29.8 Å². The molecule has 1 aromatic carbocycles. The van der Waals surface area contributed by atoms with Gasteiger partial charge in [-0.15, -0.1) is 5.10 Å². The molecule has 0 saturated heterocycles. The van der Waals surface area contributed by atoms with Crippen LogP contribution in [0.25, 0.3) is 5.65 Å². The molecule has 8 nitrogen and oxygen atoms in total. The summed E-state index contributed by atoms with van der Waals surface area (Å²) < 4.78 is 1.50. The van der Waals surface area contributed by atoms with Gasteiger partial charge in [-0.05, 0) is 18.1 Å². The molecule has 28 heavy (non-hydrogen) atoms. The van der Waals surface area contributed by atoms with Crippen molar-refractivity contribution in [2.75, 3.05) is 5.32 Å². The lowest BCUT2D eigenvalue weighted by Crippen LogP contribution is -2.21. The number of aromatic nitrogens is 6. The molecule has 1 unspecified atom stereocenters. The summed E-state index contributed by atoms with van der Waals surface area (Å²) >= 11 is 0. The number of anilines is 1. The minimum absolute atomic E-state index is 0.196. The van der Waals surface area contributed by atoms with Gasteiger partial charge in [0.25, 0.3) is 0 Å². The van der Waals surface area contributed by atoms with Crippen LogP contribution in [0.4, 0.5) is 5.82 Å². The zero-order chi connectivity index (χ0) is 19.9. The Bertz CT molecular complexity index is 1170. The summed E-state index contributed by atoms with van der Waals surface area (Å²) in [5, 5.41) is 17.2. The van der Waals surface area contributed by atoms with Gasteiger partial charge in [-0.3, -0.25) is 5.10 Å². The van der Waals surface area contributed by atoms with Gasteiger partial charge in [-0.1, -0.05) is 45.0 Å². The molecule has 0 saturated carbocycles. The first-order valence-corrected chi connectivity index (χ1v) is 9.13. The van der Waals surface area contributed by atoms with E-state index in [1.165, 1.54) is 4.40 Å². The van der Waals surface area contributed by atoms with Crippen LogP contribution >= 0.6 is 0 Å². The zero-order valence-corrected chi connectivity index (χ0v) is 16.3. The molecule has 0 amide bonds. The third-order valence-electron chi connectivity index (χ3n) is 4.80. The molecule has 3 aromatic heterocycles. The van der Waals surface area contributed by atoms with Crippen LogP contribution in [0.2, 0.25) is 0 Å². The van der Waals surface area contributed by atoms with E-state index in [-0.39, 0.29) is 17.1 Å². The fourth-order valence-electron chi connectivity index (χ4n) is 3.18. The molecule has 3 N–H and O–H groups in total. The summed E-state index contributed by atoms with van der Waals surface area (Å²) in [7, 11) is 0. The van der Waals surface area contributed by atoms with Crippen molar-refractivity contribution in [3.63, 3.8) is 0 Å². The number of hydrogen-bond donors (Lipinski definition) is 3. The van der Waals surface area contributed by atoms with Gasteiger partial charge in [0.15, 0.2) is 5.82 Å². The summed E-state index contributed by atoms with van der Waals surface area (Å²) in [5.74, 6) is 0.542. The first-order chi connectivity index (χ1) is 13.3. The molecule has 0 spiro atoms. The van der Waals surface area contributed by atoms with E-state index in [1.807, 2.05) is 18.3 Å². The van der Waals surface area contributed by atoms with E-state index in [0.29, 0.717) is 11.5 Å². The molecule has 0 aliphatic heterocycles. The second-order valence-corrected chi connectivity index (χ2v) is 7.91. The smallest absolute Gasteiger partial charge is 0.347 e. The van der Waals surface area contributed by atoms with Crippen molar-refractivity contribution in [3.05, 3.63) is 75.7 Å². The maximum Gasteiger partial charge on any atom is 0.347 e. The molecule has 8 heteroatoms. The number of aryl methyl sites for hydroxylation is 1. The molecule has 0 radical (unpaired) electrons. The Labute approximate surface area is 162 Å². The fourth-order valence-corrected chi connectivity index (χ4v) is 3.18. The summed E-state index contributed by atoms with van der Waals surface area (Å²) in [5.41, 5.74) is 3.94. The summed E-state index contributed by atoms with van der Waals surface area (Å²) in [6.07, 6.45) is 5.38. The maximum absolute atomic E-state index is 12.2. The maximum atomic E-state index is 12.2. The molecular formula is C20H23N7O. The van der Waals surface area contributed by atoms with Crippen LogP contribution in [0.5, 0.6) is 0 Å². The highest BCUT2D eigenvalue weighted by molar-refractivity contribution is 5.64. The number of H-pyrrole nitrogens is 2. The molecule has 0 bridgehead atoms. The van der Waals surface area contributed by atoms with Gasteiger partial charge in [0.1, 0.15) is 0 Å². The van der Waals surface area contributed by atoms with Crippen LogP contribution in [0, 0.1) is 6.92 Å². The minimum atomic E-state index is -0.290. The molecule has 0 fully saturated rings. The number of nitrogens with zero attached hydrogens (tertiary/aromatic N) is 4. The van der Waals surface area contributed by atoms with Gasteiger partial charge in [-0.25, -0.2) is 19.3 Å². The Kier molecular flexibility index (Phi) is 4.26. The van der Waals surface area contributed by atoms with Crippen LogP contribution < -0.4 is 11.0 Å². The van der Waals surface area contributed by atoms with Crippen LogP contribution in [0.3, 0.4) is 0 Å². The van der Waals surface area contributed by atoms with E-state index in [9.17, 15) is 4.79 Å². The summed E-state index contributed by atoms with van der Waals surface area (Å²) in [6, 6.07) is 7.96. The summed E-state index contributed by atoms with van der Waals surface area (Å²) in [4.78, 5) is 17.0. The van der Waals surface area contributed by atoms with Crippen molar-refractivity contribution in [1.82, 2.24) is 29.8 Å². The van der Waals surface area contributed by atoms with E-state index >= 15 is 0 Å². The second-order valence-electron chi connectivity index (χ2n) is 7.91. The zero-order valence-electron chi connectivity index (χ0n) is 16.3. The first-order valence-electron chi connectivity index (χ1n) is 9.13. The molecule has 4 rings (SSSR count). The number of benzene rings is 1. The topological polar surface area (TPSA) is 104 Å². The van der Waals surface area contributed by atoms with Gasteiger partial charge >= 0.3 is 5.69 Å². The Morgan fingerprint density at radius 2 is 2.00 bits per heavy atom. The average molecular weight is 377 g/mol. The second kappa shape index (κ2) is 6.63. The predicted octanol–water partition coefficient (Wildman–Crippen LogP) is 2.95. The third-order valence-corrected chi connectivity index (χ3v) is 4.80. The fraction of sp³-hybridized carbons (Fsp3) is 0.300. The van der Waals surface area contributed by atoms with Gasteiger partial charge in [0, 0.05) is 23.4 Å². The average Bonchev–Trinajstić information content (AvgIpc) is 3.30. The van der Waals surface area contributed by atoms with E-state index in [1.54, 1.807) is 12.4 Å². The normalized spacial score (nSPS) is 13.0. The Balaban J connectivity index is 1.89. The molecule has 4 aromatic rings. The van der Waals surface area contributed by atoms with E-state index in [4.69, 9.17) is 4.98 Å². The van der Waals surface area contributed by atoms with E-state index in [0.717, 1.165) is 22.4 Å². The van der Waals surface area contributed by atoms with Crippen molar-refractivity contribution < 1.29 is 0 Å². The van der Waals surface area contributed by atoms with E-state index in [2.05, 4.69) is 65.5 Å². The van der Waals surface area contributed by atoms with Gasteiger partial charge < -0.3 is 5.32 Å². The predicted molar refractivity (Wildman–Crippen MR) is 108 cm³/mol. The molecule has 0 aliphatic carbocycles. The van der Waals surface area contributed by atoms with Crippen molar-refractivity contribution in [2.24, 2.45) is 0 Å². The Morgan fingerprint density at radius 3 is 2.68 bits per heavy atom. The van der Waals surface area contributed by atoms with Crippen LogP contribution in [-0.2, 0) is 5.41 Å². The van der Waals surface area contributed by atoms with Gasteiger partial charge in [-0.2, -0.15) is 5.10 Å². The van der Waals surface area contributed by atoms with Crippen molar-refractivity contribution in [3.8, 4) is 0 Å². The van der Waals surface area contributed by atoms with E-state index < -0.39 is 0 Å². The quantitative estimate of drug-likeness (QED) is 0.507. The number of hydrogen-bond acceptors (Lipinski definition) is 5. The van der Waals surface area contributed by atoms with Crippen LogP contribution in [0.1, 0.15) is 49.2 Å². The lowest BCUT2D eigenvalue weighted by molar-refractivity contribution is 0.564. The minimum Gasteiger partial charge on any atom is -0.356 e. The first kappa shape index (κ1) is 18.0. The highest BCUT2D eigenvalue weighted by atomic mass is 16.1. The number of aromatic amines is 2. The standard InChI is InChI=1S/C20H23N7O/c1-12-7-5-6-8-14(12)16(13-9-21-22-10-13)24-17-18-25-26-19(28)27(18)11-15(23-17)20(2,3)4/h5-11,16H,1-4H3,(H,21,22)(H,23,24)(H,26,28). The molecule has 144 valence electrons. The summed E-state index contributed by atoms with van der Waals surface area (Å²) in [6.45, 7) is 8.25. The van der Waals surface area contributed by atoms with Gasteiger partial charge in [0.05, 0.1) is 17.9 Å². The number of fused-ring (bicyclic) bond motifs is 1. The number of nitrogens with one attached hydrogen (secondary N) is 3. The molecular weight excluding hydrogens is 354 g/mol. The largest absolute Gasteiger partial charge is 0.356 e. The number of rotatable bonds is 4. The monoisotopic (exact) mass is 377 g/mol. The van der Waals surface area contributed by atoms with Crippen molar-refractivity contribution in [2.45, 2.75) is 39.2 Å². The Morgan fingerprint density at radius 1 is 1.21 bits per heavy atom. The Hall–Kier alpha value is -3.42. The SMILES string of the molecule is Cc1ccccc1C(Nc1nc(C(C)(C)C)cn2c(=O)[nH]nc12)c1cn[nH]c1. The highest BCUT2D eigenvalue weighted by Crippen LogP contribution is 2.30.